The van der Waals surface area contributed by atoms with Crippen LogP contribution in [0.2, 0.25) is 0 Å². The van der Waals surface area contributed by atoms with Crippen molar-refractivity contribution in [3.63, 3.8) is 0 Å². The number of carbonyl (C=O) groups is 1. The Bertz CT molecular complexity index is 705. The first-order chi connectivity index (χ1) is 12.2. The Kier molecular flexibility index (Phi) is 5.77. The van der Waals surface area contributed by atoms with Gasteiger partial charge in [0.2, 0.25) is 5.91 Å². The minimum absolute atomic E-state index is 0.0702. The highest BCUT2D eigenvalue weighted by atomic mass is 16.5. The van der Waals surface area contributed by atoms with Gasteiger partial charge in [0.05, 0.1) is 6.54 Å². The minimum atomic E-state index is 0.0702. The summed E-state index contributed by atoms with van der Waals surface area (Å²) in [6, 6.07) is 4.16. The van der Waals surface area contributed by atoms with Gasteiger partial charge in [-0.05, 0) is 25.5 Å². The van der Waals surface area contributed by atoms with Crippen LogP contribution in [0.1, 0.15) is 13.3 Å². The summed E-state index contributed by atoms with van der Waals surface area (Å²) < 4.78 is 6.66. The molecule has 2 aromatic heterocycles. The Morgan fingerprint density at radius 1 is 1.40 bits per heavy atom. The van der Waals surface area contributed by atoms with Crippen molar-refractivity contribution in [2.75, 3.05) is 51.3 Å². The molecule has 0 unspecified atom stereocenters. The number of nitrogens with one attached hydrogen (secondary N) is 1. The van der Waals surface area contributed by atoms with Crippen LogP contribution in [0.25, 0.3) is 5.65 Å². The summed E-state index contributed by atoms with van der Waals surface area (Å²) in [4.78, 5) is 16.5. The Labute approximate surface area is 146 Å². The van der Waals surface area contributed by atoms with Gasteiger partial charge >= 0.3 is 0 Å². The van der Waals surface area contributed by atoms with Gasteiger partial charge in [0.15, 0.2) is 5.65 Å². The molecule has 1 aliphatic rings. The molecule has 1 aliphatic heterocycles. The SMILES string of the molecule is COCCCNC(=O)CN1CCN(c2ccc3nncn3n2)[C@H](C)C1. The van der Waals surface area contributed by atoms with Crippen LogP contribution < -0.4 is 10.2 Å². The van der Waals surface area contributed by atoms with Crippen LogP contribution in [0.15, 0.2) is 18.5 Å². The van der Waals surface area contributed by atoms with Crippen LogP contribution >= 0.6 is 0 Å². The molecule has 3 rings (SSSR count). The van der Waals surface area contributed by atoms with E-state index in [4.69, 9.17) is 4.74 Å². The molecular formula is C16H25N7O2. The quantitative estimate of drug-likeness (QED) is 0.693. The van der Waals surface area contributed by atoms with E-state index in [0.29, 0.717) is 19.7 Å². The van der Waals surface area contributed by atoms with Crippen molar-refractivity contribution < 1.29 is 9.53 Å². The molecule has 9 heteroatoms. The Morgan fingerprint density at radius 3 is 3.08 bits per heavy atom. The van der Waals surface area contributed by atoms with Gasteiger partial charge in [-0.2, -0.15) is 4.52 Å². The first kappa shape index (κ1) is 17.6. The monoisotopic (exact) mass is 347 g/mol. The number of amides is 1. The van der Waals surface area contributed by atoms with E-state index in [-0.39, 0.29) is 11.9 Å². The molecule has 3 heterocycles. The maximum atomic E-state index is 12.0. The van der Waals surface area contributed by atoms with Crippen LogP contribution in [0.4, 0.5) is 5.82 Å². The summed E-state index contributed by atoms with van der Waals surface area (Å²) in [5.41, 5.74) is 0.736. The summed E-state index contributed by atoms with van der Waals surface area (Å²) in [6.07, 6.45) is 2.44. The van der Waals surface area contributed by atoms with Gasteiger partial charge in [0, 0.05) is 45.9 Å². The van der Waals surface area contributed by atoms with Crippen LogP contribution in [0.3, 0.4) is 0 Å². The van der Waals surface area contributed by atoms with Gasteiger partial charge in [0.1, 0.15) is 12.1 Å². The number of ether oxygens (including phenoxy) is 1. The van der Waals surface area contributed by atoms with Crippen molar-refractivity contribution >= 4 is 17.4 Å². The number of nitrogens with zero attached hydrogens (tertiary/aromatic N) is 6. The maximum absolute atomic E-state index is 12.0. The zero-order chi connectivity index (χ0) is 17.6. The van der Waals surface area contributed by atoms with Crippen molar-refractivity contribution in [1.29, 1.82) is 0 Å². The van der Waals surface area contributed by atoms with E-state index in [1.165, 1.54) is 0 Å². The Balaban J connectivity index is 1.51. The standard InChI is InChI=1S/C16H25N7O2/c1-13-10-21(11-16(24)17-6-3-9-25-2)7-8-22(13)15-5-4-14-19-18-12-23(14)20-15/h4-5,12-13H,3,6-11H2,1-2H3,(H,17,24)/t13-/m1/s1. The second-order valence-corrected chi connectivity index (χ2v) is 6.30. The predicted octanol–water partition coefficient (Wildman–Crippen LogP) is -0.212. The van der Waals surface area contributed by atoms with Crippen molar-refractivity contribution in [2.24, 2.45) is 0 Å². The fraction of sp³-hybridized carbons (Fsp3) is 0.625. The van der Waals surface area contributed by atoms with E-state index < -0.39 is 0 Å². The highest BCUT2D eigenvalue weighted by Crippen LogP contribution is 2.18. The molecule has 1 saturated heterocycles. The second-order valence-electron chi connectivity index (χ2n) is 6.30. The molecule has 2 aromatic rings. The topological polar surface area (TPSA) is 87.9 Å². The number of anilines is 1. The van der Waals surface area contributed by atoms with Gasteiger partial charge in [-0.1, -0.05) is 0 Å². The normalized spacial score (nSPS) is 18.6. The van der Waals surface area contributed by atoms with Crippen LogP contribution in [-0.4, -0.2) is 83.1 Å². The number of rotatable bonds is 7. The van der Waals surface area contributed by atoms with Gasteiger partial charge in [-0.3, -0.25) is 9.69 Å². The van der Waals surface area contributed by atoms with Gasteiger partial charge < -0.3 is 15.0 Å². The number of carbonyl (C=O) groups excluding carboxylic acids is 1. The smallest absolute Gasteiger partial charge is 0.234 e. The first-order valence-corrected chi connectivity index (χ1v) is 8.59. The fourth-order valence-electron chi connectivity index (χ4n) is 3.09. The largest absolute Gasteiger partial charge is 0.385 e. The van der Waals surface area contributed by atoms with E-state index >= 15 is 0 Å². The zero-order valence-electron chi connectivity index (χ0n) is 14.8. The molecule has 136 valence electrons. The maximum Gasteiger partial charge on any atom is 0.234 e. The van der Waals surface area contributed by atoms with Gasteiger partial charge in [-0.25, -0.2) is 0 Å². The number of hydrogen-bond acceptors (Lipinski definition) is 7. The highest BCUT2D eigenvalue weighted by Gasteiger charge is 2.26. The molecule has 9 nitrogen and oxygen atoms in total. The molecule has 1 fully saturated rings. The lowest BCUT2D eigenvalue weighted by Crippen LogP contribution is -2.54. The third kappa shape index (κ3) is 4.43. The van der Waals surface area contributed by atoms with Crippen molar-refractivity contribution in [2.45, 2.75) is 19.4 Å². The summed E-state index contributed by atoms with van der Waals surface area (Å²) in [5.74, 6) is 0.976. The average Bonchev–Trinajstić information content (AvgIpc) is 3.06. The van der Waals surface area contributed by atoms with Crippen molar-refractivity contribution in [3.05, 3.63) is 18.5 Å². The zero-order valence-corrected chi connectivity index (χ0v) is 14.8. The lowest BCUT2D eigenvalue weighted by atomic mass is 10.2. The number of fused-ring (bicyclic) bond motifs is 1. The molecule has 0 saturated carbocycles. The van der Waals surface area contributed by atoms with Crippen molar-refractivity contribution in [3.8, 4) is 0 Å². The molecule has 1 amide bonds. The van der Waals surface area contributed by atoms with E-state index in [2.05, 4.69) is 37.3 Å². The summed E-state index contributed by atoms with van der Waals surface area (Å²) >= 11 is 0. The predicted molar refractivity (Wildman–Crippen MR) is 93.5 cm³/mol. The summed E-state index contributed by atoms with van der Waals surface area (Å²) in [7, 11) is 1.67. The lowest BCUT2D eigenvalue weighted by Gasteiger charge is -2.40. The molecule has 1 atom stereocenters. The molecular weight excluding hydrogens is 322 g/mol. The molecule has 25 heavy (non-hydrogen) atoms. The molecule has 0 radical (unpaired) electrons. The molecule has 1 N–H and O–H groups in total. The van der Waals surface area contributed by atoms with E-state index in [1.807, 2.05) is 12.1 Å². The highest BCUT2D eigenvalue weighted by molar-refractivity contribution is 5.78. The third-order valence-electron chi connectivity index (χ3n) is 4.37. The van der Waals surface area contributed by atoms with Crippen LogP contribution in [0, 0.1) is 0 Å². The van der Waals surface area contributed by atoms with Crippen LogP contribution in [0.5, 0.6) is 0 Å². The fourth-order valence-corrected chi connectivity index (χ4v) is 3.09. The molecule has 0 spiro atoms. The third-order valence-corrected chi connectivity index (χ3v) is 4.37. The van der Waals surface area contributed by atoms with Crippen molar-refractivity contribution in [1.82, 2.24) is 30.0 Å². The van der Waals surface area contributed by atoms with Crippen LogP contribution in [-0.2, 0) is 9.53 Å². The minimum Gasteiger partial charge on any atom is -0.385 e. The molecule has 0 bridgehead atoms. The number of methoxy groups -OCH3 is 1. The van der Waals surface area contributed by atoms with E-state index in [9.17, 15) is 4.79 Å². The second kappa shape index (κ2) is 8.21. The van der Waals surface area contributed by atoms with Gasteiger partial charge in [0.25, 0.3) is 0 Å². The number of hydrogen-bond donors (Lipinski definition) is 1. The summed E-state index contributed by atoms with van der Waals surface area (Å²) in [5, 5.41) is 15.3. The number of piperazine rings is 1. The molecule has 0 aromatic carbocycles. The lowest BCUT2D eigenvalue weighted by molar-refractivity contribution is -0.122. The first-order valence-electron chi connectivity index (χ1n) is 8.59. The Hall–Kier alpha value is -2.26. The average molecular weight is 347 g/mol. The molecule has 0 aliphatic carbocycles. The summed E-state index contributed by atoms with van der Waals surface area (Å²) in [6.45, 7) is 6.40. The van der Waals surface area contributed by atoms with E-state index in [1.54, 1.807) is 18.0 Å². The Morgan fingerprint density at radius 2 is 2.28 bits per heavy atom. The van der Waals surface area contributed by atoms with E-state index in [0.717, 1.165) is 37.5 Å². The van der Waals surface area contributed by atoms with Gasteiger partial charge in [-0.15, -0.1) is 15.3 Å². The number of aromatic nitrogens is 4.